The average Bonchev–Trinajstić information content (AvgIpc) is 3.40. The molecular weight excluding hydrogens is 340 g/mol. The number of rotatable bonds is 6. The molecule has 4 rings (SSSR count). The molecule has 0 spiro atoms. The number of aryl methyl sites for hydroxylation is 1. The van der Waals surface area contributed by atoms with Crippen LogP contribution in [0.25, 0.3) is 11.4 Å². The van der Waals surface area contributed by atoms with Crippen LogP contribution in [0.5, 0.6) is 0 Å². The molecule has 0 saturated carbocycles. The first-order valence-corrected chi connectivity index (χ1v) is 9.18. The minimum Gasteiger partial charge on any atom is -0.360 e. The van der Waals surface area contributed by atoms with E-state index in [4.69, 9.17) is 0 Å². The monoisotopic (exact) mass is 362 g/mol. The summed E-state index contributed by atoms with van der Waals surface area (Å²) in [4.78, 5) is 30.7. The van der Waals surface area contributed by atoms with Gasteiger partial charge in [-0.25, -0.2) is 9.97 Å². The van der Waals surface area contributed by atoms with E-state index in [-0.39, 0.29) is 11.9 Å². The molecule has 1 unspecified atom stereocenters. The number of hydrogen-bond acceptors (Lipinski definition) is 5. The number of nitrogens with one attached hydrogen (secondary N) is 2. The van der Waals surface area contributed by atoms with Gasteiger partial charge in [-0.15, -0.1) is 0 Å². The van der Waals surface area contributed by atoms with Crippen LogP contribution in [0.3, 0.4) is 0 Å². The molecule has 138 valence electrons. The van der Waals surface area contributed by atoms with Crippen molar-refractivity contribution >= 4 is 11.9 Å². The van der Waals surface area contributed by atoms with Crippen molar-refractivity contribution in [3.05, 3.63) is 60.7 Å². The van der Waals surface area contributed by atoms with Gasteiger partial charge in [0.15, 0.2) is 0 Å². The average molecular weight is 362 g/mol. The van der Waals surface area contributed by atoms with Gasteiger partial charge in [-0.05, 0) is 42.7 Å². The van der Waals surface area contributed by atoms with E-state index in [2.05, 4.69) is 30.2 Å². The van der Waals surface area contributed by atoms with E-state index in [0.29, 0.717) is 18.8 Å². The van der Waals surface area contributed by atoms with E-state index >= 15 is 0 Å². The van der Waals surface area contributed by atoms with Crippen LogP contribution in [0.4, 0.5) is 5.95 Å². The molecule has 0 aliphatic carbocycles. The van der Waals surface area contributed by atoms with Gasteiger partial charge in [0.05, 0.1) is 11.4 Å². The van der Waals surface area contributed by atoms with Gasteiger partial charge in [-0.1, -0.05) is 6.07 Å². The number of hydrogen-bond donors (Lipinski definition) is 2. The molecule has 3 aromatic heterocycles. The summed E-state index contributed by atoms with van der Waals surface area (Å²) < 4.78 is 0. The Morgan fingerprint density at radius 2 is 2.22 bits per heavy atom. The molecule has 27 heavy (non-hydrogen) atoms. The highest BCUT2D eigenvalue weighted by Crippen LogP contribution is 2.20. The summed E-state index contributed by atoms with van der Waals surface area (Å²) in [6, 6.07) is 9.84. The molecule has 1 aliphatic rings. The molecule has 0 radical (unpaired) electrons. The Balaban J connectivity index is 1.31. The predicted molar refractivity (Wildman–Crippen MR) is 103 cm³/mol. The summed E-state index contributed by atoms with van der Waals surface area (Å²) >= 11 is 0. The fourth-order valence-corrected chi connectivity index (χ4v) is 3.30. The van der Waals surface area contributed by atoms with Crippen LogP contribution in [0.15, 0.2) is 55.1 Å². The Bertz CT molecular complexity index is 881. The minimum absolute atomic E-state index is 0.0757. The Labute approximate surface area is 157 Å². The first kappa shape index (κ1) is 17.2. The van der Waals surface area contributed by atoms with Crippen molar-refractivity contribution in [1.29, 1.82) is 0 Å². The Hall–Kier alpha value is -3.22. The molecular formula is C20H22N6O. The topological polar surface area (TPSA) is 86.8 Å². The summed E-state index contributed by atoms with van der Waals surface area (Å²) in [5.74, 6) is 0.779. The van der Waals surface area contributed by atoms with Crippen LogP contribution >= 0.6 is 0 Å². The second-order valence-electron chi connectivity index (χ2n) is 6.69. The lowest BCUT2D eigenvalue weighted by atomic mass is 10.1. The van der Waals surface area contributed by atoms with Gasteiger partial charge in [0.2, 0.25) is 11.9 Å². The summed E-state index contributed by atoms with van der Waals surface area (Å²) in [6.07, 6.45) is 9.28. The van der Waals surface area contributed by atoms with Gasteiger partial charge >= 0.3 is 0 Å². The van der Waals surface area contributed by atoms with Crippen LogP contribution in [0.2, 0.25) is 0 Å². The van der Waals surface area contributed by atoms with Crippen molar-refractivity contribution in [2.75, 3.05) is 18.0 Å². The van der Waals surface area contributed by atoms with Crippen LogP contribution in [0, 0.1) is 0 Å². The fraction of sp³-hybridized carbons (Fsp3) is 0.300. The molecule has 1 fully saturated rings. The number of anilines is 1. The summed E-state index contributed by atoms with van der Waals surface area (Å²) in [6.45, 7) is 1.56. The number of aromatic amines is 1. The van der Waals surface area contributed by atoms with Gasteiger partial charge in [0.25, 0.3) is 0 Å². The first-order chi connectivity index (χ1) is 13.3. The lowest BCUT2D eigenvalue weighted by Crippen LogP contribution is -2.37. The quantitative estimate of drug-likeness (QED) is 0.702. The number of amides is 1. The Morgan fingerprint density at radius 1 is 1.26 bits per heavy atom. The fourth-order valence-electron chi connectivity index (χ4n) is 3.30. The third-order valence-corrected chi connectivity index (χ3v) is 4.72. The van der Waals surface area contributed by atoms with Crippen LogP contribution in [-0.2, 0) is 11.2 Å². The lowest BCUT2D eigenvalue weighted by Gasteiger charge is -2.17. The number of H-pyrrole nitrogens is 1. The molecule has 1 saturated heterocycles. The Kier molecular flexibility index (Phi) is 5.09. The summed E-state index contributed by atoms with van der Waals surface area (Å²) in [5.41, 5.74) is 2.92. The summed E-state index contributed by atoms with van der Waals surface area (Å²) in [7, 11) is 0. The van der Waals surface area contributed by atoms with Gasteiger partial charge < -0.3 is 15.2 Å². The zero-order valence-corrected chi connectivity index (χ0v) is 15.0. The van der Waals surface area contributed by atoms with E-state index in [1.165, 1.54) is 0 Å². The minimum atomic E-state index is 0.0757. The first-order valence-electron chi connectivity index (χ1n) is 9.18. The third-order valence-electron chi connectivity index (χ3n) is 4.72. The van der Waals surface area contributed by atoms with Crippen molar-refractivity contribution in [2.24, 2.45) is 0 Å². The normalized spacial score (nSPS) is 16.4. The molecule has 0 aromatic carbocycles. The Morgan fingerprint density at radius 3 is 3.04 bits per heavy atom. The molecule has 1 aliphatic heterocycles. The van der Waals surface area contributed by atoms with Gasteiger partial charge in [0, 0.05) is 50.3 Å². The highest BCUT2D eigenvalue weighted by molar-refractivity contribution is 5.76. The van der Waals surface area contributed by atoms with E-state index < -0.39 is 0 Å². The standard InChI is InChI=1S/C20H22N6O/c27-19(6-5-15-3-1-9-21-13-15)24-16-8-12-26(14-16)20-23-11-7-18(25-20)17-4-2-10-22-17/h1-4,7,9-11,13,16,22H,5-6,8,12,14H2,(H,24,27). The molecule has 1 amide bonds. The molecule has 0 bridgehead atoms. The largest absolute Gasteiger partial charge is 0.360 e. The van der Waals surface area contributed by atoms with E-state index in [1.807, 2.05) is 36.5 Å². The maximum Gasteiger partial charge on any atom is 0.225 e. The van der Waals surface area contributed by atoms with Crippen molar-refractivity contribution < 1.29 is 4.79 Å². The number of aromatic nitrogens is 4. The van der Waals surface area contributed by atoms with Crippen molar-refractivity contribution in [2.45, 2.75) is 25.3 Å². The van der Waals surface area contributed by atoms with Crippen LogP contribution < -0.4 is 10.2 Å². The van der Waals surface area contributed by atoms with E-state index in [0.717, 1.165) is 36.5 Å². The molecule has 2 N–H and O–H groups in total. The summed E-state index contributed by atoms with van der Waals surface area (Å²) in [5, 5.41) is 3.13. The molecule has 7 nitrogen and oxygen atoms in total. The lowest BCUT2D eigenvalue weighted by molar-refractivity contribution is -0.121. The highest BCUT2D eigenvalue weighted by atomic mass is 16.1. The molecule has 3 aromatic rings. The second kappa shape index (κ2) is 7.99. The number of pyridine rings is 1. The van der Waals surface area contributed by atoms with Gasteiger partial charge in [-0.3, -0.25) is 9.78 Å². The van der Waals surface area contributed by atoms with Crippen LogP contribution in [-0.4, -0.2) is 45.0 Å². The van der Waals surface area contributed by atoms with Crippen molar-refractivity contribution in [1.82, 2.24) is 25.3 Å². The maximum atomic E-state index is 12.2. The maximum absolute atomic E-state index is 12.2. The SMILES string of the molecule is O=C(CCc1cccnc1)NC1CCN(c2nccc(-c3ccc[nH]3)n2)C1. The van der Waals surface area contributed by atoms with Crippen molar-refractivity contribution in [3.8, 4) is 11.4 Å². The number of nitrogens with zero attached hydrogens (tertiary/aromatic N) is 4. The number of carbonyl (C=O) groups is 1. The van der Waals surface area contributed by atoms with Crippen LogP contribution in [0.1, 0.15) is 18.4 Å². The van der Waals surface area contributed by atoms with Gasteiger partial charge in [0.1, 0.15) is 0 Å². The second-order valence-corrected chi connectivity index (χ2v) is 6.69. The molecule has 1 atom stereocenters. The molecule has 4 heterocycles. The van der Waals surface area contributed by atoms with E-state index in [1.54, 1.807) is 18.6 Å². The number of carbonyl (C=O) groups excluding carboxylic acids is 1. The van der Waals surface area contributed by atoms with Gasteiger partial charge in [-0.2, -0.15) is 0 Å². The molecule has 7 heteroatoms. The van der Waals surface area contributed by atoms with Crippen molar-refractivity contribution in [3.63, 3.8) is 0 Å². The van der Waals surface area contributed by atoms with E-state index in [9.17, 15) is 4.79 Å². The zero-order chi connectivity index (χ0) is 18.5. The third kappa shape index (κ3) is 4.31. The zero-order valence-electron chi connectivity index (χ0n) is 15.0. The highest BCUT2D eigenvalue weighted by Gasteiger charge is 2.25. The smallest absolute Gasteiger partial charge is 0.225 e. The predicted octanol–water partition coefficient (Wildman–Crippen LogP) is 2.19.